The molecule has 0 spiro atoms. The molecule has 0 aliphatic heterocycles. The molecule has 0 bridgehead atoms. The normalized spacial score (nSPS) is 12.3. The standard InChI is InChI=1S/C22H32B4N6O2S/c1-20(2,3)34-14-6-4-5-13(11-14)12-17(33)28-16-8-7-15(29-30-16)22(25,26)21(23,24)10-9-18-31-32-19(27)35-18/h4-8,11H,9-10,12,23-26H2,1-3H3,(H2,27,32)(H,28,30,33). The lowest BCUT2D eigenvalue weighted by Gasteiger charge is -2.42. The third kappa shape index (κ3) is 7.34. The highest BCUT2D eigenvalue weighted by molar-refractivity contribution is 7.15. The monoisotopic (exact) mass is 488 g/mol. The van der Waals surface area contributed by atoms with Gasteiger partial charge in [0.1, 0.15) is 32.1 Å². The van der Waals surface area contributed by atoms with E-state index in [-0.39, 0.29) is 28.4 Å². The fourth-order valence-corrected chi connectivity index (χ4v) is 4.23. The summed E-state index contributed by atoms with van der Waals surface area (Å²) in [7, 11) is 8.76. The molecule has 180 valence electrons. The van der Waals surface area contributed by atoms with Crippen LogP contribution < -0.4 is 15.8 Å². The molecule has 2 aromatic heterocycles. The van der Waals surface area contributed by atoms with E-state index in [0.29, 0.717) is 10.9 Å². The Kier molecular flexibility index (Phi) is 7.99. The second-order valence-electron chi connectivity index (χ2n) is 10.9. The van der Waals surface area contributed by atoms with Crippen LogP contribution in [-0.2, 0) is 22.8 Å². The van der Waals surface area contributed by atoms with Gasteiger partial charge in [0.05, 0.1) is 27.8 Å². The van der Waals surface area contributed by atoms with Gasteiger partial charge < -0.3 is 15.8 Å². The van der Waals surface area contributed by atoms with Crippen LogP contribution in [-0.4, -0.2) is 63.3 Å². The number of nitrogens with one attached hydrogen (secondary N) is 1. The van der Waals surface area contributed by atoms with E-state index in [1.807, 2.05) is 57.2 Å². The first-order chi connectivity index (χ1) is 16.2. The van der Waals surface area contributed by atoms with Gasteiger partial charge in [-0.2, -0.15) is 5.10 Å². The summed E-state index contributed by atoms with van der Waals surface area (Å²) in [6.07, 6.45) is 1.92. The molecule has 2 heterocycles. The smallest absolute Gasteiger partial charge is 0.229 e. The van der Waals surface area contributed by atoms with Gasteiger partial charge in [0.15, 0.2) is 5.82 Å². The highest BCUT2D eigenvalue weighted by Crippen LogP contribution is 2.41. The highest BCUT2D eigenvalue weighted by Gasteiger charge is 2.39. The number of rotatable bonds is 9. The first kappa shape index (κ1) is 26.8. The lowest BCUT2D eigenvalue weighted by Crippen LogP contribution is -2.44. The van der Waals surface area contributed by atoms with Gasteiger partial charge in [0.2, 0.25) is 11.0 Å². The van der Waals surface area contributed by atoms with E-state index < -0.39 is 0 Å². The van der Waals surface area contributed by atoms with Crippen molar-refractivity contribution >= 4 is 59.6 Å². The number of hydrogen-bond donors (Lipinski definition) is 2. The minimum Gasteiger partial charge on any atom is -0.488 e. The van der Waals surface area contributed by atoms with Crippen LogP contribution in [0.3, 0.4) is 0 Å². The number of aromatic nitrogens is 4. The minimum absolute atomic E-state index is 0.0903. The van der Waals surface area contributed by atoms with E-state index in [1.165, 1.54) is 11.3 Å². The zero-order valence-corrected chi connectivity index (χ0v) is 22.5. The van der Waals surface area contributed by atoms with Crippen LogP contribution in [0.2, 0.25) is 5.21 Å². The van der Waals surface area contributed by atoms with Crippen LogP contribution in [0.15, 0.2) is 36.4 Å². The molecule has 0 aliphatic carbocycles. The van der Waals surface area contributed by atoms with Crippen LogP contribution in [0.25, 0.3) is 0 Å². The third-order valence-electron chi connectivity index (χ3n) is 6.40. The summed E-state index contributed by atoms with van der Waals surface area (Å²) in [6.45, 7) is 5.98. The van der Waals surface area contributed by atoms with Crippen molar-refractivity contribution in [3.63, 3.8) is 0 Å². The molecule has 0 saturated carbocycles. The number of carbonyl (C=O) groups excluding carboxylic acids is 1. The van der Waals surface area contributed by atoms with Crippen molar-refractivity contribution in [1.82, 2.24) is 20.4 Å². The summed E-state index contributed by atoms with van der Waals surface area (Å²) in [5.41, 5.74) is 7.14. The van der Waals surface area contributed by atoms with Gasteiger partial charge in [0, 0.05) is 6.42 Å². The molecule has 3 rings (SSSR count). The molecule has 0 aliphatic rings. The number of ether oxygens (including phenoxy) is 1. The molecule has 0 fully saturated rings. The zero-order valence-electron chi connectivity index (χ0n) is 21.7. The Hall–Kier alpha value is -2.81. The van der Waals surface area contributed by atoms with Crippen LogP contribution in [0.5, 0.6) is 5.75 Å². The second-order valence-corrected chi connectivity index (χ2v) is 12.0. The summed E-state index contributed by atoms with van der Waals surface area (Å²) in [5, 5.41) is 20.7. The molecule has 0 saturated heterocycles. The molecule has 13 heteroatoms. The quantitative estimate of drug-likeness (QED) is 0.398. The Balaban J connectivity index is 1.61. The van der Waals surface area contributed by atoms with Crippen molar-refractivity contribution in [1.29, 1.82) is 0 Å². The Bertz CT molecular complexity index is 1170. The van der Waals surface area contributed by atoms with Crippen molar-refractivity contribution in [3.8, 4) is 5.75 Å². The summed E-state index contributed by atoms with van der Waals surface area (Å²) in [5.74, 6) is 1.01. The summed E-state index contributed by atoms with van der Waals surface area (Å²) in [6, 6.07) is 11.3. The zero-order chi connectivity index (χ0) is 25.9. The number of benzene rings is 1. The maximum Gasteiger partial charge on any atom is 0.229 e. The predicted octanol–water partition coefficient (Wildman–Crippen LogP) is -0.297. The van der Waals surface area contributed by atoms with Crippen LogP contribution in [0.1, 0.15) is 43.5 Å². The predicted molar refractivity (Wildman–Crippen MR) is 152 cm³/mol. The molecule has 0 unspecified atom stereocenters. The average molecular weight is 488 g/mol. The fraction of sp³-hybridized carbons (Fsp3) is 0.409. The maximum absolute atomic E-state index is 12.6. The Morgan fingerprint density at radius 1 is 1.06 bits per heavy atom. The van der Waals surface area contributed by atoms with Crippen LogP contribution >= 0.6 is 11.3 Å². The van der Waals surface area contributed by atoms with Crippen molar-refractivity contribution in [2.45, 2.75) is 56.1 Å². The summed E-state index contributed by atoms with van der Waals surface area (Å²) < 4.78 is 5.89. The van der Waals surface area contributed by atoms with E-state index >= 15 is 0 Å². The van der Waals surface area contributed by atoms with Gasteiger partial charge in [-0.1, -0.05) is 40.3 Å². The number of amides is 1. The topological polar surface area (TPSA) is 116 Å². The van der Waals surface area contributed by atoms with E-state index in [0.717, 1.165) is 34.9 Å². The first-order valence-corrected chi connectivity index (χ1v) is 12.6. The molecule has 8 nitrogen and oxygen atoms in total. The average Bonchev–Trinajstić information content (AvgIpc) is 3.17. The number of hydrogen-bond acceptors (Lipinski definition) is 8. The van der Waals surface area contributed by atoms with Gasteiger partial charge in [-0.05, 0) is 50.6 Å². The van der Waals surface area contributed by atoms with Gasteiger partial charge in [0.25, 0.3) is 0 Å². The van der Waals surface area contributed by atoms with Crippen molar-refractivity contribution in [3.05, 3.63) is 52.7 Å². The van der Waals surface area contributed by atoms with Gasteiger partial charge >= 0.3 is 0 Å². The van der Waals surface area contributed by atoms with E-state index in [1.54, 1.807) is 0 Å². The second kappa shape index (κ2) is 10.4. The van der Waals surface area contributed by atoms with Crippen molar-refractivity contribution in [2.75, 3.05) is 11.1 Å². The summed E-state index contributed by atoms with van der Waals surface area (Å²) >= 11 is 1.43. The van der Waals surface area contributed by atoms with Crippen LogP contribution in [0, 0.1) is 0 Å². The van der Waals surface area contributed by atoms with Crippen LogP contribution in [0.4, 0.5) is 10.9 Å². The van der Waals surface area contributed by atoms with E-state index in [2.05, 4.69) is 57.1 Å². The van der Waals surface area contributed by atoms with E-state index in [4.69, 9.17) is 10.5 Å². The number of anilines is 2. The number of nitrogens with zero attached hydrogens (tertiary/aromatic N) is 4. The number of aryl methyl sites for hydroxylation is 1. The molecular weight excluding hydrogens is 456 g/mol. The lowest BCUT2D eigenvalue weighted by molar-refractivity contribution is -0.115. The van der Waals surface area contributed by atoms with Gasteiger partial charge in [-0.15, -0.1) is 15.3 Å². The number of nitrogen functional groups attached to an aromatic ring is 1. The Labute approximate surface area is 214 Å². The first-order valence-electron chi connectivity index (χ1n) is 11.7. The van der Waals surface area contributed by atoms with Gasteiger partial charge in [-0.3, -0.25) is 4.79 Å². The molecule has 0 radical (unpaired) electrons. The summed E-state index contributed by atoms with van der Waals surface area (Å²) in [4.78, 5) is 12.6. The molecule has 3 N–H and O–H groups in total. The molecule has 1 aromatic carbocycles. The minimum atomic E-state index is -0.299. The van der Waals surface area contributed by atoms with Gasteiger partial charge in [-0.25, -0.2) is 0 Å². The van der Waals surface area contributed by atoms with Crippen molar-refractivity contribution < 1.29 is 9.53 Å². The molecule has 3 aromatic rings. The fourth-order valence-electron chi connectivity index (χ4n) is 3.62. The Morgan fingerprint density at radius 3 is 2.40 bits per heavy atom. The maximum atomic E-state index is 12.6. The third-order valence-corrected chi connectivity index (χ3v) is 7.21. The molecule has 0 atom stereocenters. The Morgan fingerprint density at radius 2 is 1.80 bits per heavy atom. The largest absolute Gasteiger partial charge is 0.488 e. The molecule has 1 amide bonds. The van der Waals surface area contributed by atoms with Crippen molar-refractivity contribution in [2.24, 2.45) is 0 Å². The molecule has 35 heavy (non-hydrogen) atoms. The number of nitrogens with two attached hydrogens (primary N) is 1. The van der Waals surface area contributed by atoms with E-state index in [9.17, 15) is 4.79 Å². The number of carbonyl (C=O) groups is 1. The lowest BCUT2D eigenvalue weighted by atomic mass is 9.28. The highest BCUT2D eigenvalue weighted by atomic mass is 32.1. The molecular formula is C22H32B4N6O2S. The SMILES string of the molecule is BC(B)(CCc1nnc(N)s1)C(B)(B)c1ccc(NC(=O)Cc2cccc(OC(C)(C)C)c2)nn1.